The maximum atomic E-state index is 13.5. The van der Waals surface area contributed by atoms with E-state index in [1.165, 1.54) is 17.5 Å². The van der Waals surface area contributed by atoms with E-state index in [2.05, 4.69) is 10.2 Å². The standard InChI is InChI=1S/C24H23ClN4O3S2/c25-20-10-8-18-9-11-21(15-19(18)14-20)34(31,32)29-13-3-6-22(29)24-27-26-23(33-24)7-1-4-17-5-2-12-28(30)16-17/h2,5,8-12,14-16,22H,1,3-4,6-7,13H2. The molecule has 1 saturated heterocycles. The van der Waals surface area contributed by atoms with Crippen molar-refractivity contribution in [2.75, 3.05) is 6.54 Å². The van der Waals surface area contributed by atoms with Crippen LogP contribution in [0.4, 0.5) is 0 Å². The van der Waals surface area contributed by atoms with Crippen molar-refractivity contribution < 1.29 is 13.1 Å². The number of aryl methyl sites for hydroxylation is 2. The molecule has 1 aliphatic heterocycles. The Kier molecular flexibility index (Phi) is 6.52. The lowest BCUT2D eigenvalue weighted by Gasteiger charge is -2.22. The van der Waals surface area contributed by atoms with Gasteiger partial charge in [-0.05, 0) is 66.8 Å². The molecule has 0 spiro atoms. The predicted molar refractivity (Wildman–Crippen MR) is 132 cm³/mol. The quantitative estimate of drug-likeness (QED) is 0.264. The van der Waals surface area contributed by atoms with E-state index in [4.69, 9.17) is 11.6 Å². The van der Waals surface area contributed by atoms with Gasteiger partial charge in [-0.2, -0.15) is 9.04 Å². The van der Waals surface area contributed by atoms with Crippen LogP contribution in [0.1, 0.15) is 40.9 Å². The molecule has 176 valence electrons. The third-order valence-corrected chi connectivity index (χ3v) is 9.27. The fraction of sp³-hybridized carbons (Fsp3) is 0.292. The highest BCUT2D eigenvalue weighted by Crippen LogP contribution is 2.38. The van der Waals surface area contributed by atoms with E-state index in [0.717, 1.165) is 63.2 Å². The van der Waals surface area contributed by atoms with Crippen LogP contribution in [0.3, 0.4) is 0 Å². The van der Waals surface area contributed by atoms with Crippen molar-refractivity contribution in [3.63, 3.8) is 0 Å². The summed E-state index contributed by atoms with van der Waals surface area (Å²) in [7, 11) is -3.69. The number of hydrogen-bond donors (Lipinski definition) is 0. The van der Waals surface area contributed by atoms with Gasteiger partial charge in [0.15, 0.2) is 12.4 Å². The van der Waals surface area contributed by atoms with Gasteiger partial charge in [-0.3, -0.25) is 0 Å². The Balaban J connectivity index is 1.31. The fourth-order valence-corrected chi connectivity index (χ4v) is 7.34. The number of benzene rings is 2. The summed E-state index contributed by atoms with van der Waals surface area (Å²) in [5, 5.41) is 24.0. The van der Waals surface area contributed by atoms with Gasteiger partial charge in [0.2, 0.25) is 10.0 Å². The van der Waals surface area contributed by atoms with Gasteiger partial charge in [-0.1, -0.05) is 35.1 Å². The summed E-state index contributed by atoms with van der Waals surface area (Å²) >= 11 is 7.58. The van der Waals surface area contributed by atoms with Crippen LogP contribution in [-0.4, -0.2) is 29.5 Å². The van der Waals surface area contributed by atoms with Crippen molar-refractivity contribution in [3.8, 4) is 0 Å². The first-order valence-electron chi connectivity index (χ1n) is 11.1. The Hall–Kier alpha value is -2.59. The van der Waals surface area contributed by atoms with Gasteiger partial charge in [-0.25, -0.2) is 8.42 Å². The van der Waals surface area contributed by atoms with Crippen LogP contribution in [0.2, 0.25) is 5.02 Å². The van der Waals surface area contributed by atoms with Crippen molar-refractivity contribution in [3.05, 3.63) is 86.7 Å². The Labute approximate surface area is 207 Å². The van der Waals surface area contributed by atoms with Crippen molar-refractivity contribution in [2.45, 2.75) is 43.0 Å². The van der Waals surface area contributed by atoms with Crippen LogP contribution in [0.5, 0.6) is 0 Å². The molecule has 0 N–H and O–H groups in total. The molecule has 1 atom stereocenters. The average Bonchev–Trinajstić information content (AvgIpc) is 3.48. The predicted octanol–water partition coefficient (Wildman–Crippen LogP) is 4.68. The second-order valence-corrected chi connectivity index (χ2v) is 11.8. The van der Waals surface area contributed by atoms with Crippen LogP contribution in [0.15, 0.2) is 65.8 Å². The van der Waals surface area contributed by atoms with Crippen molar-refractivity contribution in [2.24, 2.45) is 0 Å². The van der Waals surface area contributed by atoms with E-state index in [1.807, 2.05) is 18.2 Å². The lowest BCUT2D eigenvalue weighted by atomic mass is 10.1. The molecule has 10 heteroatoms. The van der Waals surface area contributed by atoms with E-state index < -0.39 is 10.0 Å². The molecule has 0 aliphatic carbocycles. The number of fused-ring (bicyclic) bond motifs is 1. The number of rotatable bonds is 7. The lowest BCUT2D eigenvalue weighted by molar-refractivity contribution is -0.605. The molecule has 0 bridgehead atoms. The molecule has 1 unspecified atom stereocenters. The zero-order chi connectivity index (χ0) is 23.7. The van der Waals surface area contributed by atoms with Gasteiger partial charge in [0.1, 0.15) is 10.0 Å². The third kappa shape index (κ3) is 4.79. The lowest BCUT2D eigenvalue weighted by Crippen LogP contribution is -2.30. The van der Waals surface area contributed by atoms with Gasteiger partial charge in [0.25, 0.3) is 0 Å². The highest BCUT2D eigenvalue weighted by atomic mass is 35.5. The molecule has 2 aromatic carbocycles. The molecule has 2 aromatic heterocycles. The Morgan fingerprint density at radius 2 is 1.97 bits per heavy atom. The minimum Gasteiger partial charge on any atom is -0.619 e. The van der Waals surface area contributed by atoms with Crippen molar-refractivity contribution in [1.29, 1.82) is 0 Å². The zero-order valence-corrected chi connectivity index (χ0v) is 20.7. The molecular weight excluding hydrogens is 492 g/mol. The highest BCUT2D eigenvalue weighted by Gasteiger charge is 2.38. The SMILES string of the molecule is O=S(=O)(c1ccc2ccc(Cl)cc2c1)N1CCCC1c1nnc(CCCc2ccc[n+]([O-])c2)s1. The Morgan fingerprint density at radius 1 is 1.12 bits per heavy atom. The second-order valence-electron chi connectivity index (χ2n) is 8.39. The third-order valence-electron chi connectivity index (χ3n) is 6.04. The molecule has 34 heavy (non-hydrogen) atoms. The monoisotopic (exact) mass is 514 g/mol. The summed E-state index contributed by atoms with van der Waals surface area (Å²) in [4.78, 5) is 0.261. The topological polar surface area (TPSA) is 90.1 Å². The first-order valence-corrected chi connectivity index (χ1v) is 13.7. The number of halogens is 1. The summed E-state index contributed by atoms with van der Waals surface area (Å²) in [6.07, 6.45) is 6.89. The van der Waals surface area contributed by atoms with Crippen LogP contribution in [-0.2, 0) is 22.9 Å². The van der Waals surface area contributed by atoms with Crippen LogP contribution >= 0.6 is 22.9 Å². The molecule has 1 fully saturated rings. The summed E-state index contributed by atoms with van der Waals surface area (Å²) in [5.41, 5.74) is 0.979. The summed E-state index contributed by atoms with van der Waals surface area (Å²) in [6, 6.07) is 14.0. The molecule has 1 aliphatic rings. The van der Waals surface area contributed by atoms with E-state index in [-0.39, 0.29) is 10.9 Å². The summed E-state index contributed by atoms with van der Waals surface area (Å²) in [5.74, 6) is 0. The van der Waals surface area contributed by atoms with Gasteiger partial charge in [0, 0.05) is 29.6 Å². The van der Waals surface area contributed by atoms with Gasteiger partial charge in [0.05, 0.1) is 10.9 Å². The summed E-state index contributed by atoms with van der Waals surface area (Å²) < 4.78 is 29.4. The minimum absolute atomic E-state index is 0.261. The van der Waals surface area contributed by atoms with Gasteiger partial charge >= 0.3 is 0 Å². The largest absolute Gasteiger partial charge is 0.619 e. The van der Waals surface area contributed by atoms with E-state index in [1.54, 1.807) is 40.8 Å². The van der Waals surface area contributed by atoms with E-state index >= 15 is 0 Å². The minimum atomic E-state index is -3.69. The number of pyridine rings is 1. The number of sulfonamides is 1. The van der Waals surface area contributed by atoms with Crippen LogP contribution in [0.25, 0.3) is 10.8 Å². The van der Waals surface area contributed by atoms with E-state index in [0.29, 0.717) is 11.6 Å². The first-order chi connectivity index (χ1) is 16.4. The average molecular weight is 515 g/mol. The zero-order valence-electron chi connectivity index (χ0n) is 18.3. The Bertz CT molecular complexity index is 1440. The normalized spacial score (nSPS) is 16.9. The maximum Gasteiger partial charge on any atom is 0.243 e. The molecule has 5 rings (SSSR count). The maximum absolute atomic E-state index is 13.5. The Morgan fingerprint density at radius 3 is 2.82 bits per heavy atom. The molecule has 3 heterocycles. The fourth-order valence-electron chi connectivity index (χ4n) is 4.36. The second kappa shape index (κ2) is 9.58. The molecular formula is C24H23ClN4O3S2. The highest BCUT2D eigenvalue weighted by molar-refractivity contribution is 7.89. The molecule has 0 saturated carbocycles. The van der Waals surface area contributed by atoms with Crippen LogP contribution in [0, 0.1) is 5.21 Å². The van der Waals surface area contributed by atoms with Crippen molar-refractivity contribution in [1.82, 2.24) is 14.5 Å². The number of hydrogen-bond acceptors (Lipinski definition) is 6. The van der Waals surface area contributed by atoms with Gasteiger partial charge in [-0.15, -0.1) is 10.2 Å². The van der Waals surface area contributed by atoms with Gasteiger partial charge < -0.3 is 5.21 Å². The molecule has 0 radical (unpaired) electrons. The summed E-state index contributed by atoms with van der Waals surface area (Å²) in [6.45, 7) is 0.457. The number of nitrogens with zero attached hydrogens (tertiary/aromatic N) is 4. The first kappa shape index (κ1) is 23.2. The van der Waals surface area contributed by atoms with E-state index in [9.17, 15) is 13.6 Å². The van der Waals surface area contributed by atoms with Crippen molar-refractivity contribution >= 4 is 43.7 Å². The smallest absolute Gasteiger partial charge is 0.243 e. The molecule has 4 aromatic rings. The molecule has 7 nitrogen and oxygen atoms in total. The number of aromatic nitrogens is 3. The molecule has 0 amide bonds. The van der Waals surface area contributed by atoms with Crippen LogP contribution < -0.4 is 4.73 Å².